The quantitative estimate of drug-likeness (QED) is 0.681. The number of hydrogen-bond donors (Lipinski definition) is 1. The topological polar surface area (TPSA) is 84.5 Å². The molecule has 6 nitrogen and oxygen atoms in total. The highest BCUT2D eigenvalue weighted by molar-refractivity contribution is 6.29. The number of carbonyl (C=O) groups is 1. The lowest BCUT2D eigenvalue weighted by Crippen LogP contribution is -2.30. The number of nitrogens with two attached hydrogens (primary N) is 1. The van der Waals surface area contributed by atoms with Gasteiger partial charge in [0.05, 0.1) is 23.6 Å². The van der Waals surface area contributed by atoms with Gasteiger partial charge in [0.15, 0.2) is 0 Å². The van der Waals surface area contributed by atoms with Crippen molar-refractivity contribution < 1.29 is 4.79 Å². The van der Waals surface area contributed by atoms with E-state index in [-0.39, 0.29) is 11.9 Å². The highest BCUT2D eigenvalue weighted by Gasteiger charge is 2.26. The second kappa shape index (κ2) is 6.97. The van der Waals surface area contributed by atoms with Gasteiger partial charge in [-0.15, -0.1) is 0 Å². The van der Waals surface area contributed by atoms with E-state index in [1.54, 1.807) is 23.4 Å². The van der Waals surface area contributed by atoms with Crippen LogP contribution in [0.4, 0.5) is 0 Å². The molecular weight excluding hydrogens is 326 g/mol. The fraction of sp³-hybridized carbons (Fsp3) is 0.294. The Labute approximate surface area is 145 Å². The number of rotatable bonds is 4. The number of allylic oxidation sites excluding steroid dienone is 1. The number of carbonyl (C=O) groups excluding carboxylic acids is 1. The zero-order chi connectivity index (χ0) is 17.1. The Morgan fingerprint density at radius 2 is 2.33 bits per heavy atom. The molecule has 1 saturated heterocycles. The summed E-state index contributed by atoms with van der Waals surface area (Å²) < 4.78 is 0. The van der Waals surface area contributed by atoms with Gasteiger partial charge in [-0.25, -0.2) is 4.98 Å². The first-order valence-corrected chi connectivity index (χ1v) is 8.06. The minimum atomic E-state index is 0.156. The van der Waals surface area contributed by atoms with Crippen molar-refractivity contribution in [2.24, 2.45) is 10.7 Å². The van der Waals surface area contributed by atoms with Crippen LogP contribution in [0.15, 0.2) is 35.6 Å². The van der Waals surface area contributed by atoms with E-state index in [9.17, 15) is 4.79 Å². The average molecular weight is 344 g/mol. The van der Waals surface area contributed by atoms with E-state index in [1.807, 2.05) is 19.2 Å². The van der Waals surface area contributed by atoms with Crippen LogP contribution < -0.4 is 5.73 Å². The Hall–Kier alpha value is -2.47. The van der Waals surface area contributed by atoms with E-state index in [0.29, 0.717) is 23.6 Å². The first-order chi connectivity index (χ1) is 11.6. The van der Waals surface area contributed by atoms with E-state index in [1.165, 1.54) is 6.20 Å². The molecule has 1 atom stereocenters. The first kappa shape index (κ1) is 16.4. The number of pyridine rings is 2. The van der Waals surface area contributed by atoms with Gasteiger partial charge in [0.2, 0.25) is 5.91 Å². The molecule has 2 aromatic heterocycles. The Morgan fingerprint density at radius 1 is 1.50 bits per heavy atom. The Bertz CT molecular complexity index is 833. The monoisotopic (exact) mass is 343 g/mol. The Balaban J connectivity index is 1.76. The maximum Gasteiger partial charge on any atom is 0.222 e. The normalized spacial score (nSPS) is 18.9. The van der Waals surface area contributed by atoms with Crippen LogP contribution in [0, 0.1) is 0 Å². The van der Waals surface area contributed by atoms with Crippen molar-refractivity contribution in [2.45, 2.75) is 18.9 Å². The summed E-state index contributed by atoms with van der Waals surface area (Å²) in [7, 11) is 1.82. The number of likely N-dealkylation sites (tertiary alicyclic amines) is 1. The van der Waals surface area contributed by atoms with Crippen LogP contribution in [0.1, 0.15) is 18.4 Å². The lowest BCUT2D eigenvalue weighted by atomic mass is 10.1. The van der Waals surface area contributed by atoms with Gasteiger partial charge in [-0.1, -0.05) is 11.6 Å². The number of fused-ring (bicyclic) bond motifs is 1. The highest BCUT2D eigenvalue weighted by atomic mass is 35.5. The summed E-state index contributed by atoms with van der Waals surface area (Å²) in [5.74, 6) is 0.173. The fourth-order valence-corrected chi connectivity index (χ4v) is 2.86. The molecule has 1 amide bonds. The molecule has 1 aliphatic rings. The van der Waals surface area contributed by atoms with Crippen molar-refractivity contribution in [2.75, 3.05) is 13.6 Å². The summed E-state index contributed by atoms with van der Waals surface area (Å²) in [6, 6.07) is 5.56. The molecular formula is C17H18ClN5O. The number of hydrogen-bond acceptors (Lipinski definition) is 5. The zero-order valence-corrected chi connectivity index (χ0v) is 14.1. The summed E-state index contributed by atoms with van der Waals surface area (Å²) in [5.41, 5.74) is 8.77. The summed E-state index contributed by atoms with van der Waals surface area (Å²) >= 11 is 5.93. The molecule has 0 unspecified atom stereocenters. The van der Waals surface area contributed by atoms with E-state index < -0.39 is 0 Å². The number of likely N-dealkylation sites (N-methyl/N-ethyl adjacent to an activating group) is 1. The molecule has 0 saturated carbocycles. The van der Waals surface area contributed by atoms with E-state index >= 15 is 0 Å². The van der Waals surface area contributed by atoms with Crippen molar-refractivity contribution in [1.29, 1.82) is 0 Å². The van der Waals surface area contributed by atoms with Crippen molar-refractivity contribution in [3.63, 3.8) is 0 Å². The minimum absolute atomic E-state index is 0.156. The molecule has 7 heteroatoms. The highest BCUT2D eigenvalue weighted by Crippen LogP contribution is 2.19. The lowest BCUT2D eigenvalue weighted by molar-refractivity contribution is -0.127. The maximum absolute atomic E-state index is 11.5. The number of aliphatic imine (C=N–C) groups is 1. The van der Waals surface area contributed by atoms with Crippen molar-refractivity contribution in [1.82, 2.24) is 14.9 Å². The van der Waals surface area contributed by atoms with E-state index in [4.69, 9.17) is 17.3 Å². The molecule has 0 aliphatic carbocycles. The molecule has 0 bridgehead atoms. The third-order valence-electron chi connectivity index (χ3n) is 4.20. The first-order valence-electron chi connectivity index (χ1n) is 7.68. The molecule has 24 heavy (non-hydrogen) atoms. The molecule has 1 aliphatic heterocycles. The van der Waals surface area contributed by atoms with Crippen LogP contribution in [0.2, 0.25) is 5.15 Å². The van der Waals surface area contributed by atoms with Gasteiger partial charge in [-0.2, -0.15) is 0 Å². The van der Waals surface area contributed by atoms with E-state index in [0.717, 1.165) is 23.1 Å². The third kappa shape index (κ3) is 3.38. The van der Waals surface area contributed by atoms with Crippen LogP contribution in [0.25, 0.3) is 16.6 Å². The molecule has 2 aromatic rings. The van der Waals surface area contributed by atoms with Crippen molar-refractivity contribution >= 4 is 40.3 Å². The third-order valence-corrected chi connectivity index (χ3v) is 4.41. The summed E-state index contributed by atoms with van der Waals surface area (Å²) in [5, 5.41) is 0.419. The lowest BCUT2D eigenvalue weighted by Gasteiger charge is -2.17. The SMILES string of the molecule is CN1C(=O)CC[C@H]1CN=CC(=CN)c1cnc2ccc(Cl)nc2c1. The molecule has 0 radical (unpaired) electrons. The average Bonchev–Trinajstić information content (AvgIpc) is 2.90. The number of nitrogens with zero attached hydrogens (tertiary/aromatic N) is 4. The van der Waals surface area contributed by atoms with Crippen molar-refractivity contribution in [3.05, 3.63) is 41.3 Å². The number of amides is 1. The van der Waals surface area contributed by atoms with E-state index in [2.05, 4.69) is 15.0 Å². The van der Waals surface area contributed by atoms with Crippen LogP contribution in [-0.4, -0.2) is 46.6 Å². The van der Waals surface area contributed by atoms with Gasteiger partial charge >= 0.3 is 0 Å². The van der Waals surface area contributed by atoms with Gasteiger partial charge in [0.1, 0.15) is 5.15 Å². The largest absolute Gasteiger partial charge is 0.404 e. The Morgan fingerprint density at radius 3 is 3.04 bits per heavy atom. The van der Waals surface area contributed by atoms with Gasteiger partial charge < -0.3 is 10.6 Å². The van der Waals surface area contributed by atoms with Crippen LogP contribution in [0.5, 0.6) is 0 Å². The zero-order valence-electron chi connectivity index (χ0n) is 13.3. The Kier molecular flexibility index (Phi) is 4.76. The van der Waals surface area contributed by atoms with Gasteiger partial charge in [-0.3, -0.25) is 14.8 Å². The molecule has 3 rings (SSSR count). The van der Waals surface area contributed by atoms with Gasteiger partial charge in [-0.05, 0) is 24.6 Å². The van der Waals surface area contributed by atoms with Gasteiger partial charge in [0.25, 0.3) is 0 Å². The maximum atomic E-state index is 11.5. The summed E-state index contributed by atoms with van der Waals surface area (Å²) in [4.78, 5) is 26.4. The molecule has 3 heterocycles. The van der Waals surface area contributed by atoms with Crippen molar-refractivity contribution in [3.8, 4) is 0 Å². The van der Waals surface area contributed by atoms with Crippen LogP contribution in [0.3, 0.4) is 0 Å². The number of aromatic nitrogens is 2. The summed E-state index contributed by atoms with van der Waals surface area (Å²) in [6.45, 7) is 0.560. The molecule has 2 N–H and O–H groups in total. The minimum Gasteiger partial charge on any atom is -0.404 e. The van der Waals surface area contributed by atoms with Crippen LogP contribution in [-0.2, 0) is 4.79 Å². The second-order valence-corrected chi connectivity index (χ2v) is 6.10. The van der Waals surface area contributed by atoms with Gasteiger partial charge in [0, 0.05) is 43.2 Å². The molecule has 124 valence electrons. The standard InChI is InChI=1S/C17H18ClN5O/c1-23-13(2-5-17(23)24)10-20-8-12(7-19)11-6-15-14(21-9-11)3-4-16(18)22-15/h3-4,6-9,13H,2,5,10,19H2,1H3/t13-/m0/s1. The van der Waals surface area contributed by atoms with Crippen LogP contribution >= 0.6 is 11.6 Å². The summed E-state index contributed by atoms with van der Waals surface area (Å²) in [6.07, 6.45) is 6.36. The molecule has 0 aromatic carbocycles. The fourth-order valence-electron chi connectivity index (χ4n) is 2.70. The smallest absolute Gasteiger partial charge is 0.222 e. The number of halogens is 1. The molecule has 0 spiro atoms. The predicted octanol–water partition coefficient (Wildman–Crippen LogP) is 2.27. The second-order valence-electron chi connectivity index (χ2n) is 5.71. The molecule has 1 fully saturated rings. The predicted molar refractivity (Wildman–Crippen MR) is 95.9 cm³/mol.